The Morgan fingerprint density at radius 3 is 2.68 bits per heavy atom. The summed E-state index contributed by atoms with van der Waals surface area (Å²) in [7, 11) is 0. The van der Waals surface area contributed by atoms with Crippen molar-refractivity contribution in [1.29, 1.82) is 0 Å². The summed E-state index contributed by atoms with van der Waals surface area (Å²) in [6.45, 7) is 7.91. The van der Waals surface area contributed by atoms with Gasteiger partial charge < -0.3 is 20.1 Å². The molecule has 0 radical (unpaired) electrons. The standard InChI is InChI=1S/C17H30N2O3/c1-16(2,3)22-15(21)19-13-4-5-14(19)12(8-13)9-18-10-17(11-20)6-7-17/h12-14,18,20H,4-11H2,1-3H3. The fourth-order valence-electron chi connectivity index (χ4n) is 4.02. The largest absolute Gasteiger partial charge is 0.444 e. The maximum Gasteiger partial charge on any atom is 0.410 e. The maximum absolute atomic E-state index is 12.4. The highest BCUT2D eigenvalue weighted by Gasteiger charge is 2.50. The highest BCUT2D eigenvalue weighted by Crippen LogP contribution is 2.45. The number of amides is 1. The molecule has 0 aromatic heterocycles. The average Bonchev–Trinajstić information content (AvgIpc) is 2.97. The second kappa shape index (κ2) is 5.68. The van der Waals surface area contributed by atoms with E-state index in [2.05, 4.69) is 5.32 Å². The van der Waals surface area contributed by atoms with E-state index in [1.165, 1.54) is 0 Å². The van der Waals surface area contributed by atoms with Gasteiger partial charge in [-0.1, -0.05) is 0 Å². The molecular formula is C17H30N2O3. The van der Waals surface area contributed by atoms with Crippen molar-refractivity contribution < 1.29 is 14.6 Å². The number of carbonyl (C=O) groups excluding carboxylic acids is 1. The molecule has 3 unspecified atom stereocenters. The van der Waals surface area contributed by atoms with E-state index in [4.69, 9.17) is 4.74 Å². The lowest BCUT2D eigenvalue weighted by atomic mass is 9.89. The van der Waals surface area contributed by atoms with Crippen molar-refractivity contribution in [2.75, 3.05) is 19.7 Å². The maximum atomic E-state index is 12.4. The van der Waals surface area contributed by atoms with E-state index in [1.54, 1.807) is 0 Å². The third-order valence-electron chi connectivity index (χ3n) is 5.47. The van der Waals surface area contributed by atoms with Crippen molar-refractivity contribution >= 4 is 6.09 Å². The van der Waals surface area contributed by atoms with Crippen LogP contribution in [0.15, 0.2) is 0 Å². The van der Waals surface area contributed by atoms with Gasteiger partial charge in [0.1, 0.15) is 5.60 Å². The minimum Gasteiger partial charge on any atom is -0.444 e. The molecule has 2 aliphatic heterocycles. The van der Waals surface area contributed by atoms with Gasteiger partial charge in [0.15, 0.2) is 0 Å². The van der Waals surface area contributed by atoms with Gasteiger partial charge >= 0.3 is 6.09 Å². The minimum absolute atomic E-state index is 0.142. The highest BCUT2D eigenvalue weighted by molar-refractivity contribution is 5.70. The van der Waals surface area contributed by atoms with Gasteiger partial charge in [-0.3, -0.25) is 0 Å². The van der Waals surface area contributed by atoms with E-state index < -0.39 is 5.60 Å². The van der Waals surface area contributed by atoms with Crippen molar-refractivity contribution in [3.8, 4) is 0 Å². The molecule has 2 N–H and O–H groups in total. The molecule has 0 spiro atoms. The van der Waals surface area contributed by atoms with Crippen LogP contribution in [0.1, 0.15) is 52.9 Å². The van der Waals surface area contributed by atoms with E-state index in [0.717, 1.165) is 45.2 Å². The number of rotatable bonds is 5. The lowest BCUT2D eigenvalue weighted by molar-refractivity contribution is 0.0205. The van der Waals surface area contributed by atoms with Gasteiger partial charge in [0.25, 0.3) is 0 Å². The van der Waals surface area contributed by atoms with Gasteiger partial charge in [-0.15, -0.1) is 0 Å². The Labute approximate surface area is 133 Å². The number of nitrogens with zero attached hydrogens (tertiary/aromatic N) is 1. The number of carbonyl (C=O) groups is 1. The van der Waals surface area contributed by atoms with Gasteiger partial charge in [-0.2, -0.15) is 0 Å². The van der Waals surface area contributed by atoms with Crippen LogP contribution in [0.4, 0.5) is 4.79 Å². The van der Waals surface area contributed by atoms with Crippen LogP contribution >= 0.6 is 0 Å². The molecule has 2 heterocycles. The van der Waals surface area contributed by atoms with Crippen molar-refractivity contribution in [2.45, 2.75) is 70.6 Å². The summed E-state index contributed by atoms with van der Waals surface area (Å²) in [6, 6.07) is 0.691. The number of hydrogen-bond acceptors (Lipinski definition) is 4. The molecule has 2 saturated heterocycles. The summed E-state index contributed by atoms with van der Waals surface area (Å²) in [4.78, 5) is 14.4. The van der Waals surface area contributed by atoms with Crippen LogP contribution in [0.3, 0.4) is 0 Å². The van der Waals surface area contributed by atoms with Crippen molar-refractivity contribution in [2.24, 2.45) is 11.3 Å². The predicted octanol–water partition coefficient (Wildman–Crippen LogP) is 2.14. The summed E-state index contributed by atoms with van der Waals surface area (Å²) in [6.07, 6.45) is 5.43. The molecule has 5 heteroatoms. The Hall–Kier alpha value is -0.810. The normalized spacial score (nSPS) is 32.4. The zero-order chi connectivity index (χ0) is 16.0. The number of hydrogen-bond donors (Lipinski definition) is 2. The molecule has 0 aromatic rings. The first-order valence-electron chi connectivity index (χ1n) is 8.66. The molecule has 22 heavy (non-hydrogen) atoms. The number of nitrogens with one attached hydrogen (secondary N) is 1. The van der Waals surface area contributed by atoms with E-state index in [9.17, 15) is 9.90 Å². The first-order valence-corrected chi connectivity index (χ1v) is 8.66. The monoisotopic (exact) mass is 310 g/mol. The Morgan fingerprint density at radius 2 is 2.09 bits per heavy atom. The number of aliphatic hydroxyl groups excluding tert-OH is 1. The first kappa shape index (κ1) is 16.1. The zero-order valence-corrected chi connectivity index (χ0v) is 14.1. The Balaban J connectivity index is 1.51. The number of fused-ring (bicyclic) bond motifs is 2. The van der Waals surface area contributed by atoms with Crippen molar-refractivity contribution in [1.82, 2.24) is 10.2 Å². The minimum atomic E-state index is -0.424. The summed E-state index contributed by atoms with van der Waals surface area (Å²) >= 11 is 0. The second-order valence-corrected chi connectivity index (χ2v) is 8.47. The van der Waals surface area contributed by atoms with Crippen LogP contribution in [0, 0.1) is 11.3 Å². The van der Waals surface area contributed by atoms with Crippen molar-refractivity contribution in [3.63, 3.8) is 0 Å². The van der Waals surface area contributed by atoms with E-state index in [0.29, 0.717) is 24.6 Å². The average molecular weight is 310 g/mol. The molecule has 5 nitrogen and oxygen atoms in total. The Bertz CT molecular complexity index is 428. The molecule has 3 rings (SSSR count). The second-order valence-electron chi connectivity index (χ2n) is 8.47. The van der Waals surface area contributed by atoms with E-state index in [-0.39, 0.29) is 11.5 Å². The predicted molar refractivity (Wildman–Crippen MR) is 84.6 cm³/mol. The molecule has 126 valence electrons. The molecule has 1 saturated carbocycles. The van der Waals surface area contributed by atoms with Crippen LogP contribution in [0.5, 0.6) is 0 Å². The van der Waals surface area contributed by atoms with Gasteiger partial charge in [-0.05, 0) is 58.8 Å². The van der Waals surface area contributed by atoms with Crippen LogP contribution in [-0.4, -0.2) is 53.5 Å². The molecule has 3 atom stereocenters. The van der Waals surface area contributed by atoms with Crippen LogP contribution < -0.4 is 5.32 Å². The number of ether oxygens (including phenoxy) is 1. The van der Waals surface area contributed by atoms with Gasteiger partial charge in [0, 0.05) is 37.2 Å². The number of aliphatic hydroxyl groups is 1. The summed E-state index contributed by atoms with van der Waals surface area (Å²) in [5.41, 5.74) is -0.269. The highest BCUT2D eigenvalue weighted by atomic mass is 16.6. The van der Waals surface area contributed by atoms with Gasteiger partial charge in [0.05, 0.1) is 0 Å². The SMILES string of the molecule is CC(C)(C)OC(=O)N1C2CCC1C(CNCC1(CO)CC1)C2. The summed E-state index contributed by atoms with van der Waals surface area (Å²) in [5.74, 6) is 0.528. The lowest BCUT2D eigenvalue weighted by Gasteiger charge is -2.28. The third-order valence-corrected chi connectivity index (χ3v) is 5.47. The smallest absolute Gasteiger partial charge is 0.410 e. The van der Waals surface area contributed by atoms with Gasteiger partial charge in [-0.25, -0.2) is 4.79 Å². The fourth-order valence-corrected chi connectivity index (χ4v) is 4.02. The molecule has 1 aliphatic carbocycles. The molecule has 3 fully saturated rings. The van der Waals surface area contributed by atoms with Crippen LogP contribution in [0.25, 0.3) is 0 Å². The fraction of sp³-hybridized carbons (Fsp3) is 0.941. The van der Waals surface area contributed by atoms with Crippen molar-refractivity contribution in [3.05, 3.63) is 0 Å². The first-order chi connectivity index (χ1) is 10.3. The summed E-state index contributed by atoms with van der Waals surface area (Å²) < 4.78 is 5.57. The molecule has 3 aliphatic rings. The molecular weight excluding hydrogens is 280 g/mol. The summed E-state index contributed by atoms with van der Waals surface area (Å²) in [5, 5.41) is 12.9. The van der Waals surface area contributed by atoms with Gasteiger partial charge in [0.2, 0.25) is 0 Å². The zero-order valence-electron chi connectivity index (χ0n) is 14.1. The molecule has 2 bridgehead atoms. The van der Waals surface area contributed by atoms with E-state index in [1.807, 2.05) is 25.7 Å². The molecule has 1 amide bonds. The van der Waals surface area contributed by atoms with Crippen LogP contribution in [0.2, 0.25) is 0 Å². The Morgan fingerprint density at radius 1 is 1.36 bits per heavy atom. The molecule has 0 aromatic carbocycles. The third kappa shape index (κ3) is 3.25. The quantitative estimate of drug-likeness (QED) is 0.817. The lowest BCUT2D eigenvalue weighted by Crippen LogP contribution is -2.42. The Kier molecular flexibility index (Phi) is 4.14. The van der Waals surface area contributed by atoms with E-state index >= 15 is 0 Å². The topological polar surface area (TPSA) is 61.8 Å². The van der Waals surface area contributed by atoms with Crippen LogP contribution in [-0.2, 0) is 4.74 Å².